The third-order valence-corrected chi connectivity index (χ3v) is 3.77. The van der Waals surface area contributed by atoms with Gasteiger partial charge in [0.05, 0.1) is 6.61 Å². The molecule has 0 aliphatic heterocycles. The topological polar surface area (TPSA) is 50.3 Å². The molecule has 0 amide bonds. The lowest BCUT2D eigenvalue weighted by Crippen LogP contribution is -2.54. The van der Waals surface area contributed by atoms with E-state index in [1.54, 1.807) is 0 Å². The molecule has 0 atom stereocenters. The van der Waals surface area contributed by atoms with Gasteiger partial charge in [-0.3, -0.25) is 0 Å². The number of hydrogen-bond acceptors (Lipinski definition) is 5. The van der Waals surface area contributed by atoms with Crippen molar-refractivity contribution in [1.82, 2.24) is 14.9 Å². The van der Waals surface area contributed by atoms with Crippen molar-refractivity contribution in [2.24, 2.45) is 0 Å². The van der Waals surface area contributed by atoms with Crippen LogP contribution in [0.1, 0.15) is 26.2 Å². The van der Waals surface area contributed by atoms with Gasteiger partial charge < -0.3 is 15.0 Å². The maximum Gasteiger partial charge on any atom is 0.218 e. The summed E-state index contributed by atoms with van der Waals surface area (Å²) in [7, 11) is 4.29. The molecule has 1 fully saturated rings. The van der Waals surface area contributed by atoms with Crippen molar-refractivity contribution in [2.45, 2.75) is 31.7 Å². The van der Waals surface area contributed by atoms with Crippen molar-refractivity contribution in [3.05, 3.63) is 12.4 Å². The minimum atomic E-state index is 0.288. The minimum absolute atomic E-state index is 0.288. The Bertz CT molecular complexity index is 390. The Kier molecular flexibility index (Phi) is 4.01. The monoisotopic (exact) mass is 250 g/mol. The predicted octanol–water partition coefficient (Wildman–Crippen LogP) is 1.77. The fourth-order valence-electron chi connectivity index (χ4n) is 2.29. The highest BCUT2D eigenvalue weighted by Crippen LogP contribution is 2.36. The number of hydrogen-bond donors (Lipinski definition) is 1. The van der Waals surface area contributed by atoms with E-state index in [-0.39, 0.29) is 5.54 Å². The molecule has 2 rings (SSSR count). The first-order valence-electron chi connectivity index (χ1n) is 6.52. The quantitative estimate of drug-likeness (QED) is 0.834. The lowest BCUT2D eigenvalue weighted by molar-refractivity contribution is 0.0738. The number of likely N-dealkylation sites (N-methyl/N-ethyl adjacent to an activating group) is 1. The highest BCUT2D eigenvalue weighted by molar-refractivity contribution is 5.37. The Balaban J connectivity index is 1.95. The van der Waals surface area contributed by atoms with Crippen molar-refractivity contribution in [1.29, 1.82) is 0 Å². The molecule has 1 aliphatic rings. The van der Waals surface area contributed by atoms with E-state index in [9.17, 15) is 0 Å². The first kappa shape index (κ1) is 13.1. The molecule has 18 heavy (non-hydrogen) atoms. The van der Waals surface area contributed by atoms with Gasteiger partial charge >= 0.3 is 0 Å². The second kappa shape index (κ2) is 5.52. The Labute approximate surface area is 109 Å². The summed E-state index contributed by atoms with van der Waals surface area (Å²) in [5, 5.41) is 3.39. The zero-order chi connectivity index (χ0) is 13.0. The van der Waals surface area contributed by atoms with E-state index in [1.165, 1.54) is 25.6 Å². The fourth-order valence-corrected chi connectivity index (χ4v) is 2.29. The molecular formula is C13H22N4O. The van der Waals surface area contributed by atoms with Crippen LogP contribution >= 0.6 is 0 Å². The van der Waals surface area contributed by atoms with E-state index >= 15 is 0 Å². The van der Waals surface area contributed by atoms with Crippen LogP contribution in [0.4, 0.5) is 5.82 Å². The van der Waals surface area contributed by atoms with Gasteiger partial charge in [-0.15, -0.1) is 0 Å². The maximum absolute atomic E-state index is 5.36. The van der Waals surface area contributed by atoms with Crippen LogP contribution in [-0.2, 0) is 0 Å². The van der Waals surface area contributed by atoms with Gasteiger partial charge in [0.25, 0.3) is 0 Å². The van der Waals surface area contributed by atoms with Crippen molar-refractivity contribution in [3.63, 3.8) is 0 Å². The van der Waals surface area contributed by atoms with E-state index < -0.39 is 0 Å². The van der Waals surface area contributed by atoms with Gasteiger partial charge in [0, 0.05) is 18.2 Å². The first-order chi connectivity index (χ1) is 8.66. The molecule has 100 valence electrons. The van der Waals surface area contributed by atoms with Crippen LogP contribution < -0.4 is 10.1 Å². The molecule has 1 heterocycles. The lowest BCUT2D eigenvalue weighted by Gasteiger charge is -2.47. The van der Waals surface area contributed by atoms with Gasteiger partial charge in [0.15, 0.2) is 0 Å². The zero-order valence-corrected chi connectivity index (χ0v) is 11.4. The molecular weight excluding hydrogens is 228 g/mol. The largest absolute Gasteiger partial charge is 0.478 e. The standard InChI is InChI=1S/C13H22N4O/c1-4-18-12-8-11(15-10-16-12)14-9-13(17(2)3)6-5-7-13/h8,10H,4-7,9H2,1-3H3,(H,14,15,16). The Morgan fingerprint density at radius 2 is 2.17 bits per heavy atom. The van der Waals surface area contributed by atoms with Crippen molar-refractivity contribution in [3.8, 4) is 5.88 Å². The third kappa shape index (κ3) is 2.72. The van der Waals surface area contributed by atoms with E-state index in [1.807, 2.05) is 13.0 Å². The van der Waals surface area contributed by atoms with Gasteiger partial charge in [0.2, 0.25) is 5.88 Å². The van der Waals surface area contributed by atoms with Crippen LogP contribution in [0.15, 0.2) is 12.4 Å². The summed E-state index contributed by atoms with van der Waals surface area (Å²) in [5.41, 5.74) is 0.288. The fraction of sp³-hybridized carbons (Fsp3) is 0.692. The number of ether oxygens (including phenoxy) is 1. The highest BCUT2D eigenvalue weighted by Gasteiger charge is 2.38. The number of nitrogens with zero attached hydrogens (tertiary/aromatic N) is 3. The molecule has 1 N–H and O–H groups in total. The second-order valence-electron chi connectivity index (χ2n) is 5.00. The molecule has 0 unspecified atom stereocenters. The Hall–Kier alpha value is -1.36. The van der Waals surface area contributed by atoms with Crippen LogP contribution in [0, 0.1) is 0 Å². The van der Waals surface area contributed by atoms with Gasteiger partial charge in [-0.2, -0.15) is 0 Å². The molecule has 1 saturated carbocycles. The Morgan fingerprint density at radius 1 is 1.39 bits per heavy atom. The van der Waals surface area contributed by atoms with Gasteiger partial charge in [-0.05, 0) is 40.3 Å². The van der Waals surface area contributed by atoms with Gasteiger partial charge in [-0.1, -0.05) is 0 Å². The molecule has 0 radical (unpaired) electrons. The summed E-state index contributed by atoms with van der Waals surface area (Å²) in [6, 6.07) is 1.85. The second-order valence-corrected chi connectivity index (χ2v) is 5.00. The SMILES string of the molecule is CCOc1cc(NCC2(N(C)C)CCC2)ncn1. The predicted molar refractivity (Wildman–Crippen MR) is 72.0 cm³/mol. The van der Waals surface area contributed by atoms with Crippen LogP contribution in [0.5, 0.6) is 5.88 Å². The normalized spacial score (nSPS) is 17.3. The average molecular weight is 250 g/mol. The summed E-state index contributed by atoms with van der Waals surface area (Å²) < 4.78 is 5.36. The molecule has 0 aromatic carbocycles. The van der Waals surface area contributed by atoms with Crippen molar-refractivity contribution >= 4 is 5.82 Å². The smallest absolute Gasteiger partial charge is 0.218 e. The van der Waals surface area contributed by atoms with E-state index in [4.69, 9.17) is 4.74 Å². The highest BCUT2D eigenvalue weighted by atomic mass is 16.5. The number of nitrogens with one attached hydrogen (secondary N) is 1. The molecule has 5 heteroatoms. The Morgan fingerprint density at radius 3 is 2.72 bits per heavy atom. The maximum atomic E-state index is 5.36. The number of rotatable bonds is 6. The summed E-state index contributed by atoms with van der Waals surface area (Å²) in [6.45, 7) is 3.49. The number of anilines is 1. The molecule has 0 bridgehead atoms. The molecule has 0 spiro atoms. The van der Waals surface area contributed by atoms with Gasteiger partial charge in [0.1, 0.15) is 12.1 Å². The molecule has 0 saturated heterocycles. The van der Waals surface area contributed by atoms with Gasteiger partial charge in [-0.25, -0.2) is 9.97 Å². The molecule has 1 aromatic rings. The summed E-state index contributed by atoms with van der Waals surface area (Å²) >= 11 is 0. The average Bonchev–Trinajstić information content (AvgIpc) is 2.28. The summed E-state index contributed by atoms with van der Waals surface area (Å²) in [6.07, 6.45) is 5.34. The van der Waals surface area contributed by atoms with E-state index in [2.05, 4.69) is 34.3 Å². The van der Waals surface area contributed by atoms with Crippen LogP contribution in [0.2, 0.25) is 0 Å². The lowest BCUT2D eigenvalue weighted by atomic mass is 9.75. The van der Waals surface area contributed by atoms with E-state index in [0.29, 0.717) is 12.5 Å². The third-order valence-electron chi connectivity index (χ3n) is 3.77. The molecule has 1 aromatic heterocycles. The number of aromatic nitrogens is 2. The van der Waals surface area contributed by atoms with Crippen LogP contribution in [0.25, 0.3) is 0 Å². The van der Waals surface area contributed by atoms with Crippen molar-refractivity contribution < 1.29 is 4.74 Å². The van der Waals surface area contributed by atoms with E-state index in [0.717, 1.165) is 12.4 Å². The van der Waals surface area contributed by atoms with Crippen molar-refractivity contribution in [2.75, 3.05) is 32.6 Å². The first-order valence-corrected chi connectivity index (χ1v) is 6.52. The summed E-state index contributed by atoms with van der Waals surface area (Å²) in [5.74, 6) is 1.46. The van der Waals surface area contributed by atoms with Crippen LogP contribution in [-0.4, -0.2) is 47.7 Å². The minimum Gasteiger partial charge on any atom is -0.478 e. The molecule has 1 aliphatic carbocycles. The van der Waals surface area contributed by atoms with Crippen LogP contribution in [0.3, 0.4) is 0 Å². The molecule has 5 nitrogen and oxygen atoms in total. The summed E-state index contributed by atoms with van der Waals surface area (Å²) in [4.78, 5) is 10.6. The zero-order valence-electron chi connectivity index (χ0n) is 11.4.